The number of rotatable bonds is 8. The Balaban J connectivity index is 1.55. The second-order valence-corrected chi connectivity index (χ2v) is 8.42. The summed E-state index contributed by atoms with van der Waals surface area (Å²) < 4.78 is 12.0. The Kier molecular flexibility index (Phi) is 7.09. The van der Waals surface area contributed by atoms with Crippen molar-refractivity contribution in [3.05, 3.63) is 99.5 Å². The Hall–Kier alpha value is -2.88. The maximum Gasteiger partial charge on any atom is 0.180 e. The lowest BCUT2D eigenvalue weighted by Gasteiger charge is -2.17. The van der Waals surface area contributed by atoms with Gasteiger partial charge in [0.2, 0.25) is 0 Å². The van der Waals surface area contributed by atoms with Gasteiger partial charge in [-0.2, -0.15) is 0 Å². The van der Waals surface area contributed by atoms with Crippen LogP contribution >= 0.6 is 23.2 Å². The van der Waals surface area contributed by atoms with E-state index in [-0.39, 0.29) is 0 Å². The monoisotopic (exact) mass is 465 g/mol. The Labute approximate surface area is 198 Å². The highest BCUT2D eigenvalue weighted by Crippen LogP contribution is 2.38. The molecule has 0 saturated carbocycles. The van der Waals surface area contributed by atoms with E-state index in [2.05, 4.69) is 29.6 Å². The van der Waals surface area contributed by atoms with Crippen LogP contribution in [-0.2, 0) is 13.2 Å². The first kappa shape index (κ1) is 22.3. The summed E-state index contributed by atoms with van der Waals surface area (Å²) in [6.45, 7) is 5.50. The fourth-order valence-electron chi connectivity index (χ4n) is 3.68. The molecule has 0 saturated heterocycles. The highest BCUT2D eigenvalue weighted by molar-refractivity contribution is 6.32. The molecule has 5 heteroatoms. The molecule has 0 unspecified atom stereocenters. The van der Waals surface area contributed by atoms with Gasteiger partial charge in [0.05, 0.1) is 11.6 Å². The highest BCUT2D eigenvalue weighted by atomic mass is 35.5. The van der Waals surface area contributed by atoms with Crippen LogP contribution in [0.4, 0.5) is 5.69 Å². The molecule has 0 bridgehead atoms. The third-order valence-corrected chi connectivity index (χ3v) is 5.82. The SMILES string of the molecule is CCOc1cc(CNc2cc(Cl)ccc2C)cc(Cl)c1OCc1cccc2ccccc12. The number of benzene rings is 4. The molecule has 4 rings (SSSR count). The fourth-order valence-corrected chi connectivity index (χ4v) is 4.14. The van der Waals surface area contributed by atoms with E-state index in [9.17, 15) is 0 Å². The molecular formula is C27H25Cl2NO2. The molecule has 164 valence electrons. The van der Waals surface area contributed by atoms with Crippen molar-refractivity contribution in [3.63, 3.8) is 0 Å². The average molecular weight is 466 g/mol. The topological polar surface area (TPSA) is 30.5 Å². The van der Waals surface area contributed by atoms with Crippen LogP contribution in [0.2, 0.25) is 10.0 Å². The van der Waals surface area contributed by atoms with Gasteiger partial charge in [-0.25, -0.2) is 0 Å². The number of aryl methyl sites for hydroxylation is 1. The summed E-state index contributed by atoms with van der Waals surface area (Å²) in [4.78, 5) is 0. The summed E-state index contributed by atoms with van der Waals surface area (Å²) in [6, 6.07) is 24.2. The van der Waals surface area contributed by atoms with E-state index in [0.717, 1.165) is 22.4 Å². The smallest absolute Gasteiger partial charge is 0.180 e. The largest absolute Gasteiger partial charge is 0.490 e. The van der Waals surface area contributed by atoms with Crippen molar-refractivity contribution in [1.29, 1.82) is 0 Å². The van der Waals surface area contributed by atoms with Crippen molar-refractivity contribution >= 4 is 39.7 Å². The van der Waals surface area contributed by atoms with E-state index in [1.54, 1.807) is 0 Å². The molecule has 32 heavy (non-hydrogen) atoms. The van der Waals surface area contributed by atoms with Gasteiger partial charge in [-0.05, 0) is 65.6 Å². The van der Waals surface area contributed by atoms with E-state index in [1.807, 2.05) is 62.4 Å². The Morgan fingerprint density at radius 3 is 2.53 bits per heavy atom. The highest BCUT2D eigenvalue weighted by Gasteiger charge is 2.14. The Morgan fingerprint density at radius 1 is 0.875 bits per heavy atom. The average Bonchev–Trinajstić information content (AvgIpc) is 2.79. The third-order valence-electron chi connectivity index (χ3n) is 5.30. The van der Waals surface area contributed by atoms with Gasteiger partial charge in [0.1, 0.15) is 6.61 Å². The molecule has 3 nitrogen and oxygen atoms in total. The molecule has 4 aromatic carbocycles. The van der Waals surface area contributed by atoms with Crippen molar-refractivity contribution in [2.75, 3.05) is 11.9 Å². The van der Waals surface area contributed by atoms with Crippen molar-refractivity contribution < 1.29 is 9.47 Å². The summed E-state index contributed by atoms with van der Waals surface area (Å²) >= 11 is 12.8. The minimum atomic E-state index is 0.403. The van der Waals surface area contributed by atoms with Crippen LogP contribution in [-0.4, -0.2) is 6.61 Å². The van der Waals surface area contributed by atoms with E-state index >= 15 is 0 Å². The molecule has 0 amide bonds. The first-order chi connectivity index (χ1) is 15.5. The normalized spacial score (nSPS) is 10.9. The van der Waals surface area contributed by atoms with E-state index in [1.165, 1.54) is 10.8 Å². The molecule has 0 aliphatic heterocycles. The molecule has 0 radical (unpaired) electrons. The molecule has 1 N–H and O–H groups in total. The predicted octanol–water partition coefficient (Wildman–Crippen LogP) is 8.04. The van der Waals surface area contributed by atoms with E-state index in [4.69, 9.17) is 32.7 Å². The maximum atomic E-state index is 6.64. The number of ether oxygens (including phenoxy) is 2. The summed E-state index contributed by atoms with van der Waals surface area (Å²) in [7, 11) is 0. The molecule has 0 spiro atoms. The number of anilines is 1. The maximum absolute atomic E-state index is 6.64. The zero-order chi connectivity index (χ0) is 22.5. The lowest BCUT2D eigenvalue weighted by Crippen LogP contribution is -2.04. The summed E-state index contributed by atoms with van der Waals surface area (Å²) in [6.07, 6.45) is 0. The van der Waals surface area contributed by atoms with Crippen LogP contribution in [0.1, 0.15) is 23.6 Å². The Bertz CT molecular complexity index is 1230. The number of fused-ring (bicyclic) bond motifs is 1. The van der Waals surface area contributed by atoms with E-state index in [0.29, 0.717) is 41.3 Å². The van der Waals surface area contributed by atoms with Gasteiger partial charge in [0.25, 0.3) is 0 Å². The molecule has 0 atom stereocenters. The fraction of sp³-hybridized carbons (Fsp3) is 0.185. The zero-order valence-corrected chi connectivity index (χ0v) is 19.6. The lowest BCUT2D eigenvalue weighted by molar-refractivity contribution is 0.270. The number of halogens is 2. The quantitative estimate of drug-likeness (QED) is 0.285. The Morgan fingerprint density at radius 2 is 1.69 bits per heavy atom. The number of nitrogens with one attached hydrogen (secondary N) is 1. The van der Waals surface area contributed by atoms with Gasteiger partial charge < -0.3 is 14.8 Å². The molecule has 0 aliphatic carbocycles. The third kappa shape index (κ3) is 5.12. The molecule has 0 aromatic heterocycles. The summed E-state index contributed by atoms with van der Waals surface area (Å²) in [5.74, 6) is 1.20. The van der Waals surface area contributed by atoms with E-state index < -0.39 is 0 Å². The number of hydrogen-bond acceptors (Lipinski definition) is 3. The van der Waals surface area contributed by atoms with Crippen molar-refractivity contribution in [1.82, 2.24) is 0 Å². The predicted molar refractivity (Wildman–Crippen MR) is 134 cm³/mol. The minimum absolute atomic E-state index is 0.403. The molecule has 0 heterocycles. The van der Waals surface area contributed by atoms with Crippen molar-refractivity contribution in [2.24, 2.45) is 0 Å². The first-order valence-electron chi connectivity index (χ1n) is 10.6. The minimum Gasteiger partial charge on any atom is -0.490 e. The van der Waals surface area contributed by atoms with Gasteiger partial charge in [-0.3, -0.25) is 0 Å². The van der Waals surface area contributed by atoms with Crippen LogP contribution < -0.4 is 14.8 Å². The second-order valence-electron chi connectivity index (χ2n) is 7.58. The lowest BCUT2D eigenvalue weighted by atomic mass is 10.1. The number of hydrogen-bond donors (Lipinski definition) is 1. The van der Waals surface area contributed by atoms with Gasteiger partial charge in [-0.15, -0.1) is 0 Å². The molecule has 0 aliphatic rings. The van der Waals surface area contributed by atoms with Crippen LogP contribution in [0, 0.1) is 6.92 Å². The van der Waals surface area contributed by atoms with Crippen molar-refractivity contribution in [3.8, 4) is 11.5 Å². The van der Waals surface area contributed by atoms with Crippen molar-refractivity contribution in [2.45, 2.75) is 27.0 Å². The molecule has 0 fully saturated rings. The van der Waals surface area contributed by atoms with Gasteiger partial charge in [0, 0.05) is 17.3 Å². The van der Waals surface area contributed by atoms with Crippen LogP contribution in [0.15, 0.2) is 72.8 Å². The van der Waals surface area contributed by atoms with Gasteiger partial charge >= 0.3 is 0 Å². The first-order valence-corrected chi connectivity index (χ1v) is 11.4. The van der Waals surface area contributed by atoms with Crippen LogP contribution in [0.25, 0.3) is 10.8 Å². The zero-order valence-electron chi connectivity index (χ0n) is 18.1. The van der Waals surface area contributed by atoms with Gasteiger partial charge in [0.15, 0.2) is 11.5 Å². The van der Waals surface area contributed by atoms with Crippen LogP contribution in [0.3, 0.4) is 0 Å². The molecular weight excluding hydrogens is 441 g/mol. The standard InChI is InChI=1S/C27H25Cl2NO2/c1-3-31-26-14-19(16-30-25-15-22(28)12-11-18(25)2)13-24(29)27(26)32-17-21-9-6-8-20-7-4-5-10-23(20)21/h4-15,30H,3,16-17H2,1-2H3. The van der Waals surface area contributed by atoms with Crippen LogP contribution in [0.5, 0.6) is 11.5 Å². The summed E-state index contributed by atoms with van der Waals surface area (Å²) in [5, 5.41) is 7.00. The second kappa shape index (κ2) is 10.2. The molecule has 4 aromatic rings. The summed E-state index contributed by atoms with van der Waals surface area (Å²) in [5.41, 5.74) is 4.21. The van der Waals surface area contributed by atoms with Gasteiger partial charge in [-0.1, -0.05) is 71.7 Å².